The van der Waals surface area contributed by atoms with Gasteiger partial charge in [0.2, 0.25) is 0 Å². The first-order valence-corrected chi connectivity index (χ1v) is 8.15. The summed E-state index contributed by atoms with van der Waals surface area (Å²) >= 11 is 6.56. The van der Waals surface area contributed by atoms with Crippen LogP contribution in [0.5, 0.6) is 11.5 Å². The Morgan fingerprint density at radius 1 is 1.05 bits per heavy atom. The van der Waals surface area contributed by atoms with Gasteiger partial charge < -0.3 is 4.74 Å². The summed E-state index contributed by atoms with van der Waals surface area (Å²) in [6.45, 7) is 0. The quantitative estimate of drug-likeness (QED) is 0.375. The normalized spacial score (nSPS) is 10.4. The molecule has 0 aromatic heterocycles. The summed E-state index contributed by atoms with van der Waals surface area (Å²) in [6, 6.07) is 8.58. The van der Waals surface area contributed by atoms with Crippen LogP contribution in [-0.4, -0.2) is 4.92 Å². The first kappa shape index (κ1) is 15.9. The third kappa shape index (κ3) is 3.79. The lowest BCUT2D eigenvalue weighted by Gasteiger charge is -2.12. The number of hydrogen-bond acceptors (Lipinski definition) is 3. The largest absolute Gasteiger partial charge is 0.457 e. The van der Waals surface area contributed by atoms with E-state index >= 15 is 0 Å². The maximum absolute atomic E-state index is 13.2. The smallest absolute Gasteiger partial charge is 0.270 e. The molecule has 0 aliphatic heterocycles. The van der Waals surface area contributed by atoms with Crippen molar-refractivity contribution in [3.05, 3.63) is 63.5 Å². The minimum atomic E-state index is -0.461. The van der Waals surface area contributed by atoms with Gasteiger partial charge in [-0.1, -0.05) is 31.9 Å². The van der Waals surface area contributed by atoms with E-state index in [0.29, 0.717) is 33.3 Å². The average molecular weight is 419 g/mol. The summed E-state index contributed by atoms with van der Waals surface area (Å²) in [5.41, 5.74) is 1.31. The highest BCUT2D eigenvalue weighted by Gasteiger charge is 2.13. The van der Waals surface area contributed by atoms with Crippen molar-refractivity contribution in [2.24, 2.45) is 0 Å². The molecule has 110 valence electrons. The summed E-state index contributed by atoms with van der Waals surface area (Å²) in [6.07, 6.45) is 0. The fourth-order valence-electron chi connectivity index (χ4n) is 1.75. The first-order valence-electron chi connectivity index (χ1n) is 5.90. The molecule has 0 aliphatic rings. The Hall–Kier alpha value is -1.47. The molecule has 0 unspecified atom stereocenters. The van der Waals surface area contributed by atoms with E-state index in [9.17, 15) is 14.5 Å². The van der Waals surface area contributed by atoms with E-state index < -0.39 is 4.92 Å². The molecule has 0 spiro atoms. The number of non-ortho nitro benzene ring substituents is 1. The number of nitro benzene ring substituents is 1. The number of halogens is 3. The van der Waals surface area contributed by atoms with Gasteiger partial charge in [0.1, 0.15) is 17.3 Å². The second-order valence-electron chi connectivity index (χ2n) is 4.17. The molecule has 2 rings (SSSR count). The van der Waals surface area contributed by atoms with Gasteiger partial charge in [-0.25, -0.2) is 4.39 Å². The van der Waals surface area contributed by atoms with Crippen molar-refractivity contribution in [2.45, 2.75) is 10.7 Å². The van der Waals surface area contributed by atoms with E-state index in [0.717, 1.165) is 0 Å². The fourth-order valence-corrected chi connectivity index (χ4v) is 2.63. The minimum absolute atomic E-state index is 0.00313. The van der Waals surface area contributed by atoms with Gasteiger partial charge >= 0.3 is 0 Å². The number of alkyl halides is 2. The molecule has 0 saturated carbocycles. The van der Waals surface area contributed by atoms with Crippen LogP contribution in [-0.2, 0) is 10.7 Å². The monoisotopic (exact) mass is 417 g/mol. The zero-order valence-corrected chi connectivity index (χ0v) is 13.9. The Morgan fingerprint density at radius 3 is 2.19 bits per heavy atom. The van der Waals surface area contributed by atoms with Gasteiger partial charge in [0, 0.05) is 33.9 Å². The third-order valence-corrected chi connectivity index (χ3v) is 3.99. The van der Waals surface area contributed by atoms with Crippen molar-refractivity contribution < 1.29 is 14.1 Å². The number of nitrogens with zero attached hydrogens (tertiary/aromatic N) is 1. The molecule has 0 atom stereocenters. The maximum Gasteiger partial charge on any atom is 0.270 e. The second kappa shape index (κ2) is 7.00. The molecule has 0 radical (unpaired) electrons. The molecule has 0 heterocycles. The Labute approximate surface area is 137 Å². The van der Waals surface area contributed by atoms with Crippen LogP contribution in [0.2, 0.25) is 0 Å². The van der Waals surface area contributed by atoms with Crippen LogP contribution in [0.1, 0.15) is 11.1 Å². The third-order valence-electron chi connectivity index (χ3n) is 2.79. The Morgan fingerprint density at radius 2 is 1.62 bits per heavy atom. The number of rotatable bonds is 5. The topological polar surface area (TPSA) is 52.4 Å². The van der Waals surface area contributed by atoms with E-state index in [1.165, 1.54) is 36.4 Å². The first-order chi connectivity index (χ1) is 10.0. The summed E-state index contributed by atoms with van der Waals surface area (Å²) in [4.78, 5) is 10.3. The minimum Gasteiger partial charge on any atom is -0.457 e. The Kier molecular flexibility index (Phi) is 5.30. The lowest BCUT2D eigenvalue weighted by Crippen LogP contribution is -1.95. The van der Waals surface area contributed by atoms with Gasteiger partial charge in [0.15, 0.2) is 0 Å². The maximum atomic E-state index is 13.2. The molecular weight excluding hydrogens is 409 g/mol. The molecule has 0 amide bonds. The summed E-state index contributed by atoms with van der Waals surface area (Å²) < 4.78 is 19.0. The molecule has 2 aromatic carbocycles. The molecule has 21 heavy (non-hydrogen) atoms. The molecule has 0 fully saturated rings. The summed E-state index contributed by atoms with van der Waals surface area (Å²) in [5.74, 6) is 0.650. The van der Waals surface area contributed by atoms with Crippen molar-refractivity contribution in [2.75, 3.05) is 0 Å². The van der Waals surface area contributed by atoms with Gasteiger partial charge in [-0.15, -0.1) is 0 Å². The van der Waals surface area contributed by atoms with Crippen molar-refractivity contribution in [1.29, 1.82) is 0 Å². The van der Waals surface area contributed by atoms with E-state index in [4.69, 9.17) is 4.74 Å². The molecule has 0 bridgehead atoms. The van der Waals surface area contributed by atoms with E-state index in [-0.39, 0.29) is 11.5 Å². The lowest BCUT2D eigenvalue weighted by molar-refractivity contribution is -0.384. The standard InChI is InChI=1S/C14H10Br2FNO3/c15-7-9-5-11(17)1-3-13(9)21-14-4-2-12(18(19)20)6-10(14)8-16/h1-6H,7-8H2. The van der Waals surface area contributed by atoms with Crippen LogP contribution in [0.3, 0.4) is 0 Å². The van der Waals surface area contributed by atoms with Crippen LogP contribution in [0.4, 0.5) is 10.1 Å². The van der Waals surface area contributed by atoms with E-state index in [1.54, 1.807) is 0 Å². The van der Waals surface area contributed by atoms with Crippen LogP contribution < -0.4 is 4.74 Å². The summed E-state index contributed by atoms with van der Waals surface area (Å²) in [5, 5.41) is 11.6. The van der Waals surface area contributed by atoms with Crippen LogP contribution in [0.15, 0.2) is 36.4 Å². The predicted molar refractivity (Wildman–Crippen MR) is 84.8 cm³/mol. The van der Waals surface area contributed by atoms with E-state index in [1.807, 2.05) is 0 Å². The number of hydrogen-bond donors (Lipinski definition) is 0. The van der Waals surface area contributed by atoms with Crippen molar-refractivity contribution in [3.8, 4) is 11.5 Å². The van der Waals surface area contributed by atoms with Crippen LogP contribution >= 0.6 is 31.9 Å². The highest BCUT2D eigenvalue weighted by Crippen LogP contribution is 2.32. The Bertz CT molecular complexity index is 679. The zero-order valence-electron chi connectivity index (χ0n) is 10.7. The van der Waals surface area contributed by atoms with Gasteiger partial charge in [0.25, 0.3) is 5.69 Å². The second-order valence-corrected chi connectivity index (χ2v) is 5.29. The molecule has 7 heteroatoms. The average Bonchev–Trinajstić information content (AvgIpc) is 2.49. The highest BCUT2D eigenvalue weighted by molar-refractivity contribution is 9.08. The lowest BCUT2D eigenvalue weighted by atomic mass is 10.2. The molecule has 0 aliphatic carbocycles. The van der Waals surface area contributed by atoms with Gasteiger partial charge in [-0.05, 0) is 24.3 Å². The Balaban J connectivity index is 2.37. The molecule has 0 N–H and O–H groups in total. The zero-order chi connectivity index (χ0) is 15.4. The number of nitro groups is 1. The predicted octanol–water partition coefficient (Wildman–Crippen LogP) is 5.32. The molecular formula is C14H10Br2FNO3. The number of benzene rings is 2. The van der Waals surface area contributed by atoms with Crippen LogP contribution in [0, 0.1) is 15.9 Å². The summed E-state index contributed by atoms with van der Waals surface area (Å²) in [7, 11) is 0. The molecule has 2 aromatic rings. The van der Waals surface area contributed by atoms with Gasteiger partial charge in [-0.3, -0.25) is 10.1 Å². The van der Waals surface area contributed by atoms with Gasteiger partial charge in [-0.2, -0.15) is 0 Å². The van der Waals surface area contributed by atoms with Gasteiger partial charge in [0.05, 0.1) is 4.92 Å². The van der Waals surface area contributed by atoms with Crippen molar-refractivity contribution in [1.82, 2.24) is 0 Å². The van der Waals surface area contributed by atoms with Crippen LogP contribution in [0.25, 0.3) is 0 Å². The highest BCUT2D eigenvalue weighted by atomic mass is 79.9. The molecule has 4 nitrogen and oxygen atoms in total. The number of ether oxygens (including phenoxy) is 1. The SMILES string of the molecule is O=[N+]([O-])c1ccc(Oc2ccc(F)cc2CBr)c(CBr)c1. The molecule has 0 saturated heterocycles. The van der Waals surface area contributed by atoms with Crippen molar-refractivity contribution >= 4 is 37.5 Å². The fraction of sp³-hybridized carbons (Fsp3) is 0.143. The van der Waals surface area contributed by atoms with E-state index in [2.05, 4.69) is 31.9 Å². The van der Waals surface area contributed by atoms with Crippen molar-refractivity contribution in [3.63, 3.8) is 0 Å².